The van der Waals surface area contributed by atoms with Crippen LogP contribution in [0.3, 0.4) is 0 Å². The number of halogens is 2. The van der Waals surface area contributed by atoms with E-state index in [2.05, 4.69) is 40.6 Å². The molecule has 1 fully saturated rings. The van der Waals surface area contributed by atoms with Crippen LogP contribution in [0.15, 0.2) is 41.3 Å². The summed E-state index contributed by atoms with van der Waals surface area (Å²) < 4.78 is 51.1. The molecular formula is C26H33ClFN5O3S. The van der Waals surface area contributed by atoms with Gasteiger partial charge in [0.2, 0.25) is 0 Å². The van der Waals surface area contributed by atoms with Crippen LogP contribution < -0.4 is 4.72 Å². The van der Waals surface area contributed by atoms with Crippen molar-refractivity contribution in [2.75, 3.05) is 31.0 Å². The van der Waals surface area contributed by atoms with Crippen molar-refractivity contribution < 1.29 is 17.5 Å². The molecule has 0 radical (unpaired) electrons. The van der Waals surface area contributed by atoms with E-state index < -0.39 is 15.8 Å². The first kappa shape index (κ1) is 27.5. The second-order valence-corrected chi connectivity index (χ2v) is 12.6. The summed E-state index contributed by atoms with van der Waals surface area (Å²) in [6, 6.07) is 9.09. The van der Waals surface area contributed by atoms with Gasteiger partial charge in [-0.05, 0) is 43.0 Å². The monoisotopic (exact) mass is 549 g/mol. The maximum absolute atomic E-state index is 14.6. The zero-order chi connectivity index (χ0) is 27.0. The molecule has 1 N–H and O–H groups in total. The molecule has 0 atom stereocenters. The first-order chi connectivity index (χ1) is 17.4. The van der Waals surface area contributed by atoms with Crippen LogP contribution in [0.25, 0.3) is 11.4 Å². The van der Waals surface area contributed by atoms with Crippen molar-refractivity contribution in [2.24, 2.45) is 0 Å². The summed E-state index contributed by atoms with van der Waals surface area (Å²) >= 11 is 6.15. The fraction of sp³-hybridized carbons (Fsp3) is 0.462. The van der Waals surface area contributed by atoms with E-state index in [0.717, 1.165) is 30.5 Å². The van der Waals surface area contributed by atoms with E-state index in [1.807, 2.05) is 18.4 Å². The fourth-order valence-electron chi connectivity index (χ4n) is 4.27. The lowest BCUT2D eigenvalue weighted by Crippen LogP contribution is -2.36. The molecule has 200 valence electrons. The molecule has 1 aromatic heterocycles. The van der Waals surface area contributed by atoms with Crippen molar-refractivity contribution in [1.82, 2.24) is 19.7 Å². The van der Waals surface area contributed by atoms with E-state index in [9.17, 15) is 12.8 Å². The minimum absolute atomic E-state index is 0.0361. The Bertz CT molecular complexity index is 1360. The number of hydrogen-bond donors (Lipinski definition) is 1. The molecule has 3 aromatic rings. The fourth-order valence-corrected chi connectivity index (χ4v) is 5.51. The second kappa shape index (κ2) is 10.7. The zero-order valence-corrected chi connectivity index (χ0v) is 23.3. The van der Waals surface area contributed by atoms with Crippen molar-refractivity contribution in [3.8, 4) is 11.4 Å². The molecule has 8 nitrogen and oxygen atoms in total. The quantitative estimate of drug-likeness (QED) is 0.433. The summed E-state index contributed by atoms with van der Waals surface area (Å²) in [4.78, 5) is 2.29. The summed E-state index contributed by atoms with van der Waals surface area (Å²) in [5, 5.41) is 8.65. The van der Waals surface area contributed by atoms with Crippen LogP contribution in [0.5, 0.6) is 0 Å². The predicted molar refractivity (Wildman–Crippen MR) is 143 cm³/mol. The highest BCUT2D eigenvalue weighted by atomic mass is 35.5. The van der Waals surface area contributed by atoms with Crippen LogP contribution in [-0.2, 0) is 26.7 Å². The van der Waals surface area contributed by atoms with E-state index in [4.69, 9.17) is 16.3 Å². The summed E-state index contributed by atoms with van der Waals surface area (Å²) in [6.07, 6.45) is 0. The molecular weight excluding hydrogens is 517 g/mol. The highest BCUT2D eigenvalue weighted by molar-refractivity contribution is 7.92. The lowest BCUT2D eigenvalue weighted by atomic mass is 9.87. The number of nitrogens with one attached hydrogen (secondary N) is 1. The van der Waals surface area contributed by atoms with Gasteiger partial charge < -0.3 is 9.30 Å². The Morgan fingerprint density at radius 1 is 1.11 bits per heavy atom. The van der Waals surface area contributed by atoms with E-state index in [1.54, 1.807) is 24.3 Å². The maximum Gasteiger partial charge on any atom is 0.261 e. The molecule has 11 heteroatoms. The van der Waals surface area contributed by atoms with Gasteiger partial charge in [-0.15, -0.1) is 10.2 Å². The Kier molecular flexibility index (Phi) is 7.94. The molecule has 0 saturated carbocycles. The van der Waals surface area contributed by atoms with Gasteiger partial charge in [0.25, 0.3) is 10.0 Å². The number of nitrogens with zero attached hydrogens (tertiary/aromatic N) is 4. The molecule has 1 aliphatic heterocycles. The molecule has 2 aromatic carbocycles. The van der Waals surface area contributed by atoms with Gasteiger partial charge in [0.1, 0.15) is 11.6 Å². The van der Waals surface area contributed by atoms with E-state index in [1.165, 1.54) is 6.07 Å². The average Bonchev–Trinajstić information content (AvgIpc) is 3.25. The Morgan fingerprint density at radius 3 is 2.35 bits per heavy atom. The molecule has 0 aliphatic carbocycles. The van der Waals surface area contributed by atoms with Crippen molar-refractivity contribution in [2.45, 2.75) is 57.5 Å². The second-order valence-electron chi connectivity index (χ2n) is 10.5. The number of rotatable bonds is 7. The smallest absolute Gasteiger partial charge is 0.261 e. The number of ether oxygens (including phenoxy) is 1. The summed E-state index contributed by atoms with van der Waals surface area (Å²) in [6.45, 7) is 13.6. The van der Waals surface area contributed by atoms with Crippen LogP contribution in [0.1, 0.15) is 52.0 Å². The molecule has 1 saturated heterocycles. The molecule has 0 amide bonds. The molecule has 2 heterocycles. The maximum atomic E-state index is 14.6. The number of hydrogen-bond acceptors (Lipinski definition) is 6. The van der Waals surface area contributed by atoms with Crippen LogP contribution in [0.2, 0.25) is 5.02 Å². The molecule has 4 rings (SSSR count). The summed E-state index contributed by atoms with van der Waals surface area (Å²) in [5.74, 6) is 0.384. The minimum atomic E-state index is -4.02. The number of morpholine rings is 1. The van der Waals surface area contributed by atoms with Gasteiger partial charge in [0.15, 0.2) is 5.82 Å². The number of anilines is 1. The van der Waals surface area contributed by atoms with Gasteiger partial charge in [-0.3, -0.25) is 9.62 Å². The standard InChI is InChI=1S/C26H33ClFN5O3S/c1-17(2)33-24(16-32-10-12-36-13-11-32)29-30-25(33)20-14-21(27)22(28)15-23(20)31-37(34,35)19-8-6-18(7-9-19)26(3,4)5/h6-9,14-15,17,31H,10-13,16H2,1-5H3. The third-order valence-electron chi connectivity index (χ3n) is 6.33. The van der Waals surface area contributed by atoms with Gasteiger partial charge in [-0.1, -0.05) is 44.5 Å². The van der Waals surface area contributed by atoms with Crippen LogP contribution in [0, 0.1) is 5.82 Å². The summed E-state index contributed by atoms with van der Waals surface area (Å²) in [7, 11) is -4.02. The third kappa shape index (κ3) is 6.14. The van der Waals surface area contributed by atoms with E-state index in [-0.39, 0.29) is 27.1 Å². The molecule has 37 heavy (non-hydrogen) atoms. The number of benzene rings is 2. The lowest BCUT2D eigenvalue weighted by molar-refractivity contribution is 0.0324. The Labute approximate surface area is 222 Å². The van der Waals surface area contributed by atoms with Crippen LogP contribution in [-0.4, -0.2) is 54.4 Å². The van der Waals surface area contributed by atoms with Crippen molar-refractivity contribution in [1.29, 1.82) is 0 Å². The van der Waals surface area contributed by atoms with Gasteiger partial charge in [-0.25, -0.2) is 12.8 Å². The molecule has 0 spiro atoms. The lowest BCUT2D eigenvalue weighted by Gasteiger charge is -2.27. The Morgan fingerprint density at radius 2 is 1.76 bits per heavy atom. The van der Waals surface area contributed by atoms with Gasteiger partial charge in [0, 0.05) is 30.8 Å². The highest BCUT2D eigenvalue weighted by Gasteiger charge is 2.25. The molecule has 1 aliphatic rings. The topological polar surface area (TPSA) is 89.3 Å². The Hall–Kier alpha value is -2.53. The number of aromatic nitrogens is 3. The average molecular weight is 550 g/mol. The van der Waals surface area contributed by atoms with E-state index in [0.29, 0.717) is 31.1 Å². The van der Waals surface area contributed by atoms with Crippen molar-refractivity contribution in [3.05, 3.63) is 58.6 Å². The first-order valence-electron chi connectivity index (χ1n) is 12.2. The van der Waals surface area contributed by atoms with Crippen molar-refractivity contribution in [3.63, 3.8) is 0 Å². The molecule has 0 unspecified atom stereocenters. The van der Waals surface area contributed by atoms with Gasteiger partial charge in [0.05, 0.1) is 35.4 Å². The van der Waals surface area contributed by atoms with Crippen LogP contribution >= 0.6 is 11.6 Å². The normalized spacial score (nSPS) is 15.4. The minimum Gasteiger partial charge on any atom is -0.379 e. The molecule has 0 bridgehead atoms. The van der Waals surface area contributed by atoms with Crippen LogP contribution in [0.4, 0.5) is 10.1 Å². The predicted octanol–water partition coefficient (Wildman–Crippen LogP) is 5.25. The number of sulfonamides is 1. The SMILES string of the molecule is CC(C)n1c(CN2CCOCC2)nnc1-c1cc(Cl)c(F)cc1NS(=O)(=O)c1ccc(C(C)(C)C)cc1. The van der Waals surface area contributed by atoms with Crippen molar-refractivity contribution >= 4 is 27.3 Å². The third-order valence-corrected chi connectivity index (χ3v) is 8.00. The zero-order valence-electron chi connectivity index (χ0n) is 21.8. The van der Waals surface area contributed by atoms with Gasteiger partial charge >= 0.3 is 0 Å². The van der Waals surface area contributed by atoms with Gasteiger partial charge in [-0.2, -0.15) is 0 Å². The highest BCUT2D eigenvalue weighted by Crippen LogP contribution is 2.35. The van der Waals surface area contributed by atoms with E-state index >= 15 is 0 Å². The first-order valence-corrected chi connectivity index (χ1v) is 14.1. The summed E-state index contributed by atoms with van der Waals surface area (Å²) in [5.41, 5.74) is 1.26. The Balaban J connectivity index is 1.73. The largest absolute Gasteiger partial charge is 0.379 e.